The first kappa shape index (κ1) is 21.2. The first-order valence-corrected chi connectivity index (χ1v) is 10.7. The first-order valence-electron chi connectivity index (χ1n) is 10.7. The third-order valence-electron chi connectivity index (χ3n) is 5.32. The van der Waals surface area contributed by atoms with Crippen LogP contribution in [0.4, 0.5) is 0 Å². The zero-order chi connectivity index (χ0) is 20.3. The molecule has 29 heavy (non-hydrogen) atoms. The Morgan fingerprint density at radius 1 is 1.17 bits per heavy atom. The van der Waals surface area contributed by atoms with Crippen molar-refractivity contribution < 1.29 is 4.74 Å². The molecule has 0 aliphatic carbocycles. The van der Waals surface area contributed by atoms with E-state index in [1.54, 1.807) is 13.3 Å². The molecule has 158 valence electrons. The minimum absolute atomic E-state index is 0.283. The lowest BCUT2D eigenvalue weighted by atomic mass is 10.0. The van der Waals surface area contributed by atoms with Crippen molar-refractivity contribution >= 4 is 5.96 Å². The Morgan fingerprint density at radius 3 is 2.62 bits per heavy atom. The van der Waals surface area contributed by atoms with Crippen LogP contribution < -0.4 is 15.4 Å². The maximum absolute atomic E-state index is 5.33. The molecule has 0 radical (unpaired) electrons. The molecular weight excluding hydrogens is 364 g/mol. The average molecular weight is 399 g/mol. The van der Waals surface area contributed by atoms with Gasteiger partial charge >= 0.3 is 0 Å². The molecule has 2 aromatic rings. The van der Waals surface area contributed by atoms with E-state index in [0.29, 0.717) is 0 Å². The first-order chi connectivity index (χ1) is 14.3. The number of benzene rings is 1. The highest BCUT2D eigenvalue weighted by Crippen LogP contribution is 2.26. The van der Waals surface area contributed by atoms with Gasteiger partial charge in [0.1, 0.15) is 5.75 Å². The summed E-state index contributed by atoms with van der Waals surface area (Å²) in [5.74, 6) is 1.76. The van der Waals surface area contributed by atoms with Crippen LogP contribution in [0.2, 0.25) is 0 Å². The van der Waals surface area contributed by atoms with Gasteiger partial charge in [-0.2, -0.15) is 0 Å². The number of aliphatic imine (C=N–C) groups is 1. The Kier molecular flexibility index (Phi) is 8.37. The highest BCUT2D eigenvalue weighted by molar-refractivity contribution is 5.79. The van der Waals surface area contributed by atoms with E-state index in [1.807, 2.05) is 24.7 Å². The van der Waals surface area contributed by atoms with Gasteiger partial charge in [0.15, 0.2) is 5.96 Å². The molecule has 7 nitrogen and oxygen atoms in total. The van der Waals surface area contributed by atoms with E-state index in [0.717, 1.165) is 51.0 Å². The van der Waals surface area contributed by atoms with Gasteiger partial charge in [-0.25, -0.2) is 4.98 Å². The van der Waals surface area contributed by atoms with E-state index in [9.17, 15) is 0 Å². The molecule has 0 saturated carbocycles. The molecule has 3 rings (SSSR count). The van der Waals surface area contributed by atoms with Gasteiger partial charge in [0.2, 0.25) is 0 Å². The van der Waals surface area contributed by atoms with Crippen molar-refractivity contribution in [3.05, 3.63) is 48.5 Å². The molecule has 1 atom stereocenters. The number of methoxy groups -OCH3 is 1. The summed E-state index contributed by atoms with van der Waals surface area (Å²) in [6.45, 7) is 7.60. The second kappa shape index (κ2) is 11.5. The molecule has 1 aromatic heterocycles. The molecule has 1 aromatic carbocycles. The fourth-order valence-corrected chi connectivity index (χ4v) is 3.73. The van der Waals surface area contributed by atoms with Crippen LogP contribution >= 0.6 is 0 Å². The zero-order valence-electron chi connectivity index (χ0n) is 17.7. The normalized spacial score (nSPS) is 16.4. The van der Waals surface area contributed by atoms with Gasteiger partial charge in [0.25, 0.3) is 0 Å². The van der Waals surface area contributed by atoms with E-state index < -0.39 is 0 Å². The van der Waals surface area contributed by atoms with Crippen LogP contribution in [0.5, 0.6) is 5.75 Å². The summed E-state index contributed by atoms with van der Waals surface area (Å²) in [7, 11) is 1.71. The predicted molar refractivity (Wildman–Crippen MR) is 117 cm³/mol. The zero-order valence-corrected chi connectivity index (χ0v) is 17.7. The van der Waals surface area contributed by atoms with Crippen LogP contribution in [0.1, 0.15) is 37.8 Å². The number of likely N-dealkylation sites (tertiary alicyclic amines) is 1. The molecule has 1 unspecified atom stereocenters. The summed E-state index contributed by atoms with van der Waals surface area (Å²) in [6, 6.07) is 8.72. The Hall–Kier alpha value is -2.54. The third kappa shape index (κ3) is 6.49. The van der Waals surface area contributed by atoms with Gasteiger partial charge < -0.3 is 19.9 Å². The van der Waals surface area contributed by atoms with Crippen molar-refractivity contribution in [1.29, 1.82) is 0 Å². The predicted octanol–water partition coefficient (Wildman–Crippen LogP) is 2.67. The van der Waals surface area contributed by atoms with Crippen LogP contribution in [0.15, 0.2) is 48.0 Å². The molecule has 7 heteroatoms. The number of guanidine groups is 1. The van der Waals surface area contributed by atoms with Gasteiger partial charge in [0.05, 0.1) is 26.0 Å². The summed E-state index contributed by atoms with van der Waals surface area (Å²) < 4.78 is 7.39. The van der Waals surface area contributed by atoms with Crippen LogP contribution in [0.3, 0.4) is 0 Å². The topological polar surface area (TPSA) is 66.7 Å². The van der Waals surface area contributed by atoms with Crippen LogP contribution in [-0.4, -0.2) is 60.2 Å². The largest absolute Gasteiger partial charge is 0.497 e. The lowest BCUT2D eigenvalue weighted by Crippen LogP contribution is -2.40. The number of hydrogen-bond donors (Lipinski definition) is 2. The number of rotatable bonds is 9. The smallest absolute Gasteiger partial charge is 0.191 e. The molecule has 1 aliphatic rings. The van der Waals surface area contributed by atoms with Crippen LogP contribution in [0.25, 0.3) is 0 Å². The molecule has 1 aliphatic heterocycles. The van der Waals surface area contributed by atoms with E-state index in [2.05, 4.69) is 44.1 Å². The lowest BCUT2D eigenvalue weighted by molar-refractivity contribution is 0.167. The van der Waals surface area contributed by atoms with E-state index in [1.165, 1.54) is 24.8 Å². The number of piperidine rings is 1. The van der Waals surface area contributed by atoms with Gasteiger partial charge in [-0.3, -0.25) is 9.89 Å². The number of nitrogens with one attached hydrogen (secondary N) is 2. The van der Waals surface area contributed by atoms with Crippen molar-refractivity contribution in [2.24, 2.45) is 4.99 Å². The highest BCUT2D eigenvalue weighted by atomic mass is 16.5. The molecule has 0 spiro atoms. The molecule has 2 heterocycles. The molecule has 0 bridgehead atoms. The van der Waals surface area contributed by atoms with Crippen molar-refractivity contribution in [2.75, 3.05) is 39.8 Å². The van der Waals surface area contributed by atoms with Crippen molar-refractivity contribution in [3.63, 3.8) is 0 Å². The fourth-order valence-electron chi connectivity index (χ4n) is 3.73. The standard InChI is InChI=1S/C22H34N6O/c1-3-24-22(25-12-16-27-15-11-23-18-27)26-17-21(28-13-5-4-6-14-28)19-7-9-20(29-2)10-8-19/h7-11,15,18,21H,3-6,12-14,16-17H2,1-2H3,(H2,24,25,26). The van der Waals surface area contributed by atoms with Crippen LogP contribution in [0, 0.1) is 0 Å². The quantitative estimate of drug-likeness (QED) is 0.502. The number of imidazole rings is 1. The van der Waals surface area contributed by atoms with Crippen molar-refractivity contribution in [2.45, 2.75) is 38.8 Å². The summed E-state index contributed by atoms with van der Waals surface area (Å²) in [4.78, 5) is 11.6. The van der Waals surface area contributed by atoms with Gasteiger partial charge in [-0.1, -0.05) is 18.6 Å². The minimum atomic E-state index is 0.283. The Bertz CT molecular complexity index is 722. The minimum Gasteiger partial charge on any atom is -0.497 e. The maximum Gasteiger partial charge on any atom is 0.191 e. The van der Waals surface area contributed by atoms with Gasteiger partial charge in [-0.05, 0) is 50.6 Å². The van der Waals surface area contributed by atoms with Crippen molar-refractivity contribution in [3.8, 4) is 5.75 Å². The fraction of sp³-hybridized carbons (Fsp3) is 0.545. The SMILES string of the molecule is CCNC(=NCC(c1ccc(OC)cc1)N1CCCCC1)NCCn1ccnc1. The summed E-state index contributed by atoms with van der Waals surface area (Å²) in [6.07, 6.45) is 9.47. The Labute approximate surface area is 174 Å². The number of ether oxygens (including phenoxy) is 1. The summed E-state index contributed by atoms with van der Waals surface area (Å²) in [5.41, 5.74) is 1.30. The highest BCUT2D eigenvalue weighted by Gasteiger charge is 2.22. The molecular formula is C22H34N6O. The second-order valence-electron chi connectivity index (χ2n) is 7.33. The molecule has 1 saturated heterocycles. The van der Waals surface area contributed by atoms with Crippen molar-refractivity contribution in [1.82, 2.24) is 25.1 Å². The van der Waals surface area contributed by atoms with Crippen LogP contribution in [-0.2, 0) is 6.54 Å². The molecule has 2 N–H and O–H groups in total. The lowest BCUT2D eigenvalue weighted by Gasteiger charge is -2.34. The maximum atomic E-state index is 5.33. The van der Waals surface area contributed by atoms with Gasteiger partial charge in [0, 0.05) is 32.0 Å². The number of aromatic nitrogens is 2. The Balaban J connectivity index is 1.67. The van der Waals surface area contributed by atoms with Gasteiger partial charge in [-0.15, -0.1) is 0 Å². The van der Waals surface area contributed by atoms with E-state index in [-0.39, 0.29) is 6.04 Å². The summed E-state index contributed by atoms with van der Waals surface area (Å²) >= 11 is 0. The molecule has 1 fully saturated rings. The summed E-state index contributed by atoms with van der Waals surface area (Å²) in [5, 5.41) is 6.80. The number of hydrogen-bond acceptors (Lipinski definition) is 4. The van der Waals surface area contributed by atoms with E-state index in [4.69, 9.17) is 9.73 Å². The third-order valence-corrected chi connectivity index (χ3v) is 5.32. The monoisotopic (exact) mass is 398 g/mol. The molecule has 0 amide bonds. The average Bonchev–Trinajstić information content (AvgIpc) is 3.28. The second-order valence-corrected chi connectivity index (χ2v) is 7.33. The Morgan fingerprint density at radius 2 is 1.97 bits per heavy atom. The van der Waals surface area contributed by atoms with E-state index >= 15 is 0 Å². The number of nitrogens with zero attached hydrogens (tertiary/aromatic N) is 4.